The molecule has 0 unspecified atom stereocenters. The molecule has 0 amide bonds. The molecule has 0 aromatic heterocycles. The number of carbonyl (C=O) groups is 1. The molecule has 0 radical (unpaired) electrons. The number of aliphatic carboxylic acids is 1. The Morgan fingerprint density at radius 3 is 2.03 bits per heavy atom. The first-order valence-electron chi connectivity index (χ1n) is 11.7. The van der Waals surface area contributed by atoms with Gasteiger partial charge in [0.05, 0.1) is 43.7 Å². The molecule has 9 nitrogen and oxygen atoms in total. The van der Waals surface area contributed by atoms with Crippen LogP contribution in [0, 0.1) is 11.8 Å². The number of nitrogens with two attached hydrogens (primary N) is 1. The SMILES string of the molecule is C=CC[C@@H]1[C@@H](/C=C/[C@@H](O)CCCCC)[C@H](O)C[C@@H]1O.CCCC(=O)O.NC(CO)(CO)CO. The van der Waals surface area contributed by atoms with E-state index in [-0.39, 0.29) is 11.8 Å². The molecule has 0 heterocycles. The van der Waals surface area contributed by atoms with Crippen LogP contribution in [0.2, 0.25) is 0 Å². The van der Waals surface area contributed by atoms with Gasteiger partial charge in [0.2, 0.25) is 0 Å². The van der Waals surface area contributed by atoms with E-state index in [0.717, 1.165) is 32.1 Å². The topological polar surface area (TPSA) is 185 Å². The largest absolute Gasteiger partial charge is 0.481 e. The molecule has 33 heavy (non-hydrogen) atoms. The lowest BCUT2D eigenvalue weighted by atomic mass is 9.90. The molecule has 0 aliphatic heterocycles. The van der Waals surface area contributed by atoms with Gasteiger partial charge in [0.1, 0.15) is 0 Å². The molecule has 0 spiro atoms. The number of carboxylic acid groups (broad SMARTS) is 1. The molecule has 5 atom stereocenters. The van der Waals surface area contributed by atoms with E-state index in [1.54, 1.807) is 12.2 Å². The van der Waals surface area contributed by atoms with Crippen LogP contribution in [0.15, 0.2) is 24.8 Å². The second-order valence-corrected chi connectivity index (χ2v) is 8.56. The van der Waals surface area contributed by atoms with Crippen LogP contribution in [0.3, 0.4) is 0 Å². The Morgan fingerprint density at radius 2 is 1.67 bits per heavy atom. The zero-order chi connectivity index (χ0) is 25.9. The Bertz CT molecular complexity index is 516. The maximum atomic E-state index is 9.96. The van der Waals surface area contributed by atoms with E-state index in [4.69, 9.17) is 26.2 Å². The minimum atomic E-state index is -1.21. The van der Waals surface area contributed by atoms with Gasteiger partial charge in [-0.05, 0) is 25.2 Å². The normalized spacial score (nSPS) is 23.3. The van der Waals surface area contributed by atoms with E-state index < -0.39 is 49.6 Å². The van der Waals surface area contributed by atoms with Gasteiger partial charge < -0.3 is 41.5 Å². The molecular weight excluding hydrogens is 430 g/mol. The van der Waals surface area contributed by atoms with Crippen molar-refractivity contribution >= 4 is 5.97 Å². The molecule has 9 N–H and O–H groups in total. The number of rotatable bonds is 13. The van der Waals surface area contributed by atoms with E-state index in [2.05, 4.69) is 13.5 Å². The molecule has 0 bridgehead atoms. The van der Waals surface area contributed by atoms with Crippen molar-refractivity contribution in [1.29, 1.82) is 0 Å². The third-order valence-electron chi connectivity index (χ3n) is 5.42. The van der Waals surface area contributed by atoms with Gasteiger partial charge in [-0.3, -0.25) is 4.79 Å². The second-order valence-electron chi connectivity index (χ2n) is 8.56. The summed E-state index contributed by atoms with van der Waals surface area (Å²) >= 11 is 0. The monoisotopic (exact) mass is 477 g/mol. The predicted molar refractivity (Wildman–Crippen MR) is 128 cm³/mol. The molecule has 0 saturated heterocycles. The maximum Gasteiger partial charge on any atom is 0.303 e. The number of allylic oxidation sites excluding steroid dienone is 1. The molecule has 1 aliphatic rings. The molecule has 1 saturated carbocycles. The number of aliphatic hydroxyl groups is 6. The van der Waals surface area contributed by atoms with E-state index in [9.17, 15) is 20.1 Å². The summed E-state index contributed by atoms with van der Waals surface area (Å²) in [5.74, 6) is -0.766. The second kappa shape index (κ2) is 20.1. The Hall–Kier alpha value is -1.33. The van der Waals surface area contributed by atoms with E-state index in [1.165, 1.54) is 0 Å². The van der Waals surface area contributed by atoms with Gasteiger partial charge in [-0.15, -0.1) is 6.58 Å². The van der Waals surface area contributed by atoms with Crippen molar-refractivity contribution in [3.05, 3.63) is 24.8 Å². The van der Waals surface area contributed by atoms with Gasteiger partial charge >= 0.3 is 5.97 Å². The van der Waals surface area contributed by atoms with Gasteiger partial charge in [-0.25, -0.2) is 0 Å². The zero-order valence-electron chi connectivity index (χ0n) is 20.2. The fourth-order valence-electron chi connectivity index (χ4n) is 3.22. The van der Waals surface area contributed by atoms with Crippen molar-refractivity contribution in [2.45, 2.75) is 89.1 Å². The third kappa shape index (κ3) is 16.0. The zero-order valence-corrected chi connectivity index (χ0v) is 20.2. The number of hydrogen-bond acceptors (Lipinski definition) is 8. The van der Waals surface area contributed by atoms with Crippen LogP contribution < -0.4 is 5.73 Å². The predicted octanol–water partition coefficient (Wildman–Crippen LogP) is 0.950. The highest BCUT2D eigenvalue weighted by atomic mass is 16.4. The highest BCUT2D eigenvalue weighted by Crippen LogP contribution is 2.36. The standard InChI is InChI=1S/C16H28O3.C4H11NO3.C4H8O2/c1-3-5-6-8-12(17)9-10-14-13(7-4-2)15(18)11-16(14)19;5-4(1-6,2-7)3-8;1-2-3-4(5)6/h4,9-10,12-19H,2-3,5-8,11H2,1H3;6-8H,1-3,5H2;2-3H2,1H3,(H,5,6)/b10-9+;;/t12-,13+,14+,15-,16+;;/m0../s1. The molecule has 196 valence electrons. The van der Waals surface area contributed by atoms with E-state index >= 15 is 0 Å². The summed E-state index contributed by atoms with van der Waals surface area (Å²) in [6.07, 6.45) is 10.2. The van der Waals surface area contributed by atoms with Crippen LogP contribution in [0.4, 0.5) is 0 Å². The molecule has 9 heteroatoms. The van der Waals surface area contributed by atoms with Crippen molar-refractivity contribution in [3.8, 4) is 0 Å². The lowest BCUT2D eigenvalue weighted by Crippen LogP contribution is -2.50. The summed E-state index contributed by atoms with van der Waals surface area (Å²) in [5.41, 5.74) is 3.94. The molecule has 1 rings (SSSR count). The smallest absolute Gasteiger partial charge is 0.303 e. The van der Waals surface area contributed by atoms with Gasteiger partial charge in [0.25, 0.3) is 0 Å². The highest BCUT2D eigenvalue weighted by molar-refractivity contribution is 5.66. The Kier molecular flexibility index (Phi) is 20.6. The van der Waals surface area contributed by atoms with Crippen LogP contribution in [0.5, 0.6) is 0 Å². The number of carboxylic acids is 1. The third-order valence-corrected chi connectivity index (χ3v) is 5.42. The molecule has 1 aliphatic carbocycles. The van der Waals surface area contributed by atoms with E-state index in [0.29, 0.717) is 19.3 Å². The summed E-state index contributed by atoms with van der Waals surface area (Å²) in [4.78, 5) is 9.60. The summed E-state index contributed by atoms with van der Waals surface area (Å²) < 4.78 is 0. The van der Waals surface area contributed by atoms with Crippen LogP contribution in [-0.4, -0.2) is 85.4 Å². The molecular formula is C24H47NO8. The fourth-order valence-corrected chi connectivity index (χ4v) is 3.22. The summed E-state index contributed by atoms with van der Waals surface area (Å²) in [6, 6.07) is 0. The van der Waals surface area contributed by atoms with Crippen molar-refractivity contribution in [2.75, 3.05) is 19.8 Å². The summed E-state index contributed by atoms with van der Waals surface area (Å²) in [6.45, 7) is 6.47. The fraction of sp³-hybridized carbons (Fsp3) is 0.792. The van der Waals surface area contributed by atoms with Gasteiger partial charge in [-0.1, -0.05) is 51.3 Å². The van der Waals surface area contributed by atoms with Crippen molar-refractivity contribution in [2.24, 2.45) is 17.6 Å². The van der Waals surface area contributed by atoms with Gasteiger partial charge in [0.15, 0.2) is 0 Å². The minimum Gasteiger partial charge on any atom is -0.481 e. The molecule has 1 fully saturated rings. The minimum absolute atomic E-state index is 0.0200. The van der Waals surface area contributed by atoms with Crippen LogP contribution in [-0.2, 0) is 4.79 Å². The molecule has 0 aromatic carbocycles. The van der Waals surface area contributed by atoms with Crippen molar-refractivity contribution in [1.82, 2.24) is 0 Å². The first kappa shape index (κ1) is 33.8. The Morgan fingerprint density at radius 1 is 1.09 bits per heavy atom. The summed E-state index contributed by atoms with van der Waals surface area (Å²) in [5, 5.41) is 62.6. The maximum absolute atomic E-state index is 9.96. The van der Waals surface area contributed by atoms with Crippen LogP contribution in [0.1, 0.15) is 65.2 Å². The average Bonchev–Trinajstić information content (AvgIpc) is 3.05. The Labute approximate surface area is 198 Å². The lowest BCUT2D eigenvalue weighted by Gasteiger charge is -2.20. The van der Waals surface area contributed by atoms with Crippen LogP contribution >= 0.6 is 0 Å². The quantitative estimate of drug-likeness (QED) is 0.141. The van der Waals surface area contributed by atoms with Crippen molar-refractivity contribution in [3.63, 3.8) is 0 Å². The van der Waals surface area contributed by atoms with Crippen LogP contribution in [0.25, 0.3) is 0 Å². The average molecular weight is 478 g/mol. The number of aliphatic hydroxyl groups excluding tert-OH is 6. The van der Waals surface area contributed by atoms with Gasteiger partial charge in [-0.2, -0.15) is 0 Å². The number of hydrogen-bond donors (Lipinski definition) is 8. The van der Waals surface area contributed by atoms with Gasteiger partial charge in [0, 0.05) is 18.8 Å². The molecule has 0 aromatic rings. The summed E-state index contributed by atoms with van der Waals surface area (Å²) in [7, 11) is 0. The number of unbranched alkanes of at least 4 members (excludes halogenated alkanes) is 2. The highest BCUT2D eigenvalue weighted by Gasteiger charge is 2.39. The Balaban J connectivity index is 0. The lowest BCUT2D eigenvalue weighted by molar-refractivity contribution is -0.137. The first-order valence-corrected chi connectivity index (χ1v) is 11.7. The first-order chi connectivity index (χ1) is 15.5. The van der Waals surface area contributed by atoms with Crippen molar-refractivity contribution < 1.29 is 40.5 Å². The van der Waals surface area contributed by atoms with E-state index in [1.807, 2.05) is 13.0 Å².